The predicted octanol–water partition coefficient (Wildman–Crippen LogP) is 3.14. The Kier molecular flexibility index (Phi) is 3.09. The van der Waals surface area contributed by atoms with Crippen molar-refractivity contribution in [2.75, 3.05) is 5.32 Å². The van der Waals surface area contributed by atoms with Crippen molar-refractivity contribution in [3.05, 3.63) is 36.0 Å². The molecule has 1 heterocycles. The lowest BCUT2D eigenvalue weighted by molar-refractivity contribution is -0.118. The van der Waals surface area contributed by atoms with E-state index in [0.717, 1.165) is 22.3 Å². The number of carbonyl (C=O) groups is 1. The summed E-state index contributed by atoms with van der Waals surface area (Å²) in [5, 5.41) is 3.95. The summed E-state index contributed by atoms with van der Waals surface area (Å²) in [6.07, 6.45) is 0. The molecular weight excluding hydrogens is 212 g/mol. The number of carbonyl (C=O) groups excluding carboxylic acids is 1. The predicted molar refractivity (Wildman–Crippen MR) is 69.9 cm³/mol. The summed E-state index contributed by atoms with van der Waals surface area (Å²) in [5.74, 6) is -0.0177. The molecule has 2 aromatic rings. The van der Waals surface area contributed by atoms with Crippen LogP contribution in [0.4, 0.5) is 5.69 Å². The van der Waals surface area contributed by atoms with Crippen molar-refractivity contribution in [2.45, 2.75) is 20.8 Å². The number of nitrogens with one attached hydrogen (secondary N) is 1. The molecule has 0 unspecified atom stereocenters. The molecule has 1 amide bonds. The average molecular weight is 228 g/mol. The highest BCUT2D eigenvalue weighted by atomic mass is 16.1. The molecule has 17 heavy (non-hydrogen) atoms. The Morgan fingerprint density at radius 3 is 2.71 bits per heavy atom. The van der Waals surface area contributed by atoms with Crippen molar-refractivity contribution in [1.29, 1.82) is 0 Å². The number of aryl methyl sites for hydroxylation is 1. The van der Waals surface area contributed by atoms with Gasteiger partial charge in [0.2, 0.25) is 5.91 Å². The van der Waals surface area contributed by atoms with Crippen LogP contribution in [0.3, 0.4) is 0 Å². The van der Waals surface area contributed by atoms with E-state index in [2.05, 4.69) is 10.3 Å². The molecule has 0 saturated heterocycles. The number of hydrogen-bond acceptors (Lipinski definition) is 2. The Bertz CT molecular complexity index is 561. The molecule has 1 N–H and O–H groups in total. The van der Waals surface area contributed by atoms with E-state index in [0.29, 0.717) is 0 Å². The fourth-order valence-electron chi connectivity index (χ4n) is 1.62. The second-order valence-electron chi connectivity index (χ2n) is 4.47. The van der Waals surface area contributed by atoms with Crippen LogP contribution in [0.25, 0.3) is 10.9 Å². The fraction of sp³-hybridized carbons (Fsp3) is 0.286. The van der Waals surface area contributed by atoms with E-state index in [4.69, 9.17) is 0 Å². The molecule has 0 spiro atoms. The van der Waals surface area contributed by atoms with E-state index in [1.54, 1.807) is 0 Å². The third kappa shape index (κ3) is 2.44. The van der Waals surface area contributed by atoms with Crippen molar-refractivity contribution in [1.82, 2.24) is 4.98 Å². The van der Waals surface area contributed by atoms with E-state index in [1.807, 2.05) is 51.1 Å². The standard InChI is InChI=1S/C14H16N2O/c1-9(2)14(17)16-12-6-4-5-11-8-7-10(3)15-13(11)12/h4-9H,1-3H3,(H,16,17). The lowest BCUT2D eigenvalue weighted by Crippen LogP contribution is -2.18. The largest absolute Gasteiger partial charge is 0.324 e. The topological polar surface area (TPSA) is 42.0 Å². The van der Waals surface area contributed by atoms with Crippen molar-refractivity contribution >= 4 is 22.5 Å². The van der Waals surface area contributed by atoms with Gasteiger partial charge in [0, 0.05) is 17.0 Å². The smallest absolute Gasteiger partial charge is 0.226 e. The van der Waals surface area contributed by atoms with Crippen molar-refractivity contribution < 1.29 is 4.79 Å². The van der Waals surface area contributed by atoms with Crippen LogP contribution in [0.5, 0.6) is 0 Å². The SMILES string of the molecule is Cc1ccc2cccc(NC(=O)C(C)C)c2n1. The number of pyridine rings is 1. The van der Waals surface area contributed by atoms with E-state index < -0.39 is 0 Å². The van der Waals surface area contributed by atoms with Gasteiger partial charge in [-0.05, 0) is 19.1 Å². The molecule has 0 aliphatic heterocycles. The summed E-state index contributed by atoms with van der Waals surface area (Å²) in [6.45, 7) is 5.69. The second-order valence-corrected chi connectivity index (χ2v) is 4.47. The zero-order valence-corrected chi connectivity index (χ0v) is 10.3. The third-order valence-electron chi connectivity index (χ3n) is 2.64. The molecule has 0 bridgehead atoms. The number of aromatic nitrogens is 1. The van der Waals surface area contributed by atoms with Gasteiger partial charge < -0.3 is 5.32 Å². The Morgan fingerprint density at radius 2 is 2.00 bits per heavy atom. The highest BCUT2D eigenvalue weighted by Crippen LogP contribution is 2.22. The number of amides is 1. The first-order valence-corrected chi connectivity index (χ1v) is 5.75. The van der Waals surface area contributed by atoms with Gasteiger partial charge in [-0.15, -0.1) is 0 Å². The summed E-state index contributed by atoms with van der Waals surface area (Å²) in [5.41, 5.74) is 2.58. The van der Waals surface area contributed by atoms with Gasteiger partial charge in [0.05, 0.1) is 11.2 Å². The molecular formula is C14H16N2O. The summed E-state index contributed by atoms with van der Waals surface area (Å²) in [7, 11) is 0. The Labute approximate surface area is 101 Å². The van der Waals surface area contributed by atoms with E-state index in [1.165, 1.54) is 0 Å². The summed E-state index contributed by atoms with van der Waals surface area (Å²) in [6, 6.07) is 9.79. The first-order valence-electron chi connectivity index (χ1n) is 5.75. The van der Waals surface area contributed by atoms with Crippen molar-refractivity contribution in [2.24, 2.45) is 5.92 Å². The number of fused-ring (bicyclic) bond motifs is 1. The highest BCUT2D eigenvalue weighted by molar-refractivity contribution is 6.00. The minimum atomic E-state index is -0.0323. The number of benzene rings is 1. The summed E-state index contributed by atoms with van der Waals surface area (Å²) < 4.78 is 0. The molecule has 1 aromatic heterocycles. The summed E-state index contributed by atoms with van der Waals surface area (Å²) >= 11 is 0. The zero-order chi connectivity index (χ0) is 12.4. The maximum atomic E-state index is 11.7. The Balaban J connectivity index is 2.46. The third-order valence-corrected chi connectivity index (χ3v) is 2.64. The van der Waals surface area contributed by atoms with Crippen LogP contribution >= 0.6 is 0 Å². The number of hydrogen-bond donors (Lipinski definition) is 1. The Morgan fingerprint density at radius 1 is 1.24 bits per heavy atom. The maximum Gasteiger partial charge on any atom is 0.226 e. The average Bonchev–Trinajstić information content (AvgIpc) is 2.29. The van der Waals surface area contributed by atoms with Gasteiger partial charge in [-0.2, -0.15) is 0 Å². The molecule has 3 heteroatoms. The monoisotopic (exact) mass is 228 g/mol. The van der Waals surface area contributed by atoms with Crippen LogP contribution < -0.4 is 5.32 Å². The molecule has 0 radical (unpaired) electrons. The van der Waals surface area contributed by atoms with Crippen LogP contribution in [0.15, 0.2) is 30.3 Å². The first kappa shape index (κ1) is 11.6. The molecule has 0 saturated carbocycles. The van der Waals surface area contributed by atoms with Gasteiger partial charge in [0.15, 0.2) is 0 Å². The van der Waals surface area contributed by atoms with Crippen molar-refractivity contribution in [3.8, 4) is 0 Å². The zero-order valence-electron chi connectivity index (χ0n) is 10.3. The van der Waals surface area contributed by atoms with Crippen LogP contribution in [0, 0.1) is 12.8 Å². The second kappa shape index (κ2) is 4.53. The van der Waals surface area contributed by atoms with E-state index in [-0.39, 0.29) is 11.8 Å². The summed E-state index contributed by atoms with van der Waals surface area (Å²) in [4.78, 5) is 16.2. The number of rotatable bonds is 2. The molecule has 88 valence electrons. The van der Waals surface area contributed by atoms with Gasteiger partial charge >= 0.3 is 0 Å². The highest BCUT2D eigenvalue weighted by Gasteiger charge is 2.09. The van der Waals surface area contributed by atoms with Gasteiger partial charge in [0.25, 0.3) is 0 Å². The molecule has 3 nitrogen and oxygen atoms in total. The number of anilines is 1. The van der Waals surface area contributed by atoms with Gasteiger partial charge in [-0.3, -0.25) is 9.78 Å². The molecule has 0 aliphatic carbocycles. The normalized spacial score (nSPS) is 10.8. The van der Waals surface area contributed by atoms with E-state index in [9.17, 15) is 4.79 Å². The van der Waals surface area contributed by atoms with Crippen LogP contribution in [-0.2, 0) is 4.79 Å². The molecule has 0 atom stereocenters. The quantitative estimate of drug-likeness (QED) is 0.858. The van der Waals surface area contributed by atoms with Crippen LogP contribution in [0.1, 0.15) is 19.5 Å². The van der Waals surface area contributed by atoms with Gasteiger partial charge in [0.1, 0.15) is 0 Å². The molecule has 1 aromatic carbocycles. The number of nitrogens with zero attached hydrogens (tertiary/aromatic N) is 1. The van der Waals surface area contributed by atoms with E-state index >= 15 is 0 Å². The van der Waals surface area contributed by atoms with Gasteiger partial charge in [-0.1, -0.05) is 32.0 Å². The van der Waals surface area contributed by atoms with Crippen molar-refractivity contribution in [3.63, 3.8) is 0 Å². The minimum absolute atomic E-state index is 0.0146. The van der Waals surface area contributed by atoms with Crippen LogP contribution in [-0.4, -0.2) is 10.9 Å². The molecule has 2 rings (SSSR count). The fourth-order valence-corrected chi connectivity index (χ4v) is 1.62. The number of para-hydroxylation sites is 1. The van der Waals surface area contributed by atoms with Gasteiger partial charge in [-0.25, -0.2) is 0 Å². The lowest BCUT2D eigenvalue weighted by Gasteiger charge is -2.10. The van der Waals surface area contributed by atoms with Crippen LogP contribution in [0.2, 0.25) is 0 Å². The molecule has 0 aliphatic rings. The lowest BCUT2D eigenvalue weighted by atomic mass is 10.1. The first-order chi connectivity index (χ1) is 8.08. The Hall–Kier alpha value is -1.90. The minimum Gasteiger partial charge on any atom is -0.324 e. The maximum absolute atomic E-state index is 11.7. The molecule has 0 fully saturated rings.